The minimum atomic E-state index is 0.712. The SMILES string of the molecule is Nc1nc(CSC2CCCCC2)nc2c1CSC2. The second-order valence-electron chi connectivity index (χ2n) is 5.01. The van der Waals surface area contributed by atoms with Crippen molar-refractivity contribution in [1.82, 2.24) is 9.97 Å². The van der Waals surface area contributed by atoms with Gasteiger partial charge < -0.3 is 5.73 Å². The van der Waals surface area contributed by atoms with Gasteiger partial charge in [0.05, 0.1) is 11.4 Å². The number of hydrogen-bond donors (Lipinski definition) is 1. The summed E-state index contributed by atoms with van der Waals surface area (Å²) in [6.45, 7) is 0. The van der Waals surface area contributed by atoms with Crippen molar-refractivity contribution in [2.24, 2.45) is 0 Å². The summed E-state index contributed by atoms with van der Waals surface area (Å²) in [5.41, 5.74) is 8.35. The van der Waals surface area contributed by atoms with Gasteiger partial charge in [0.15, 0.2) is 0 Å². The van der Waals surface area contributed by atoms with Gasteiger partial charge in [0.25, 0.3) is 0 Å². The van der Waals surface area contributed by atoms with Crippen LogP contribution in [0, 0.1) is 0 Å². The van der Waals surface area contributed by atoms with E-state index >= 15 is 0 Å². The predicted molar refractivity (Wildman–Crippen MR) is 79.6 cm³/mol. The van der Waals surface area contributed by atoms with Crippen LogP contribution >= 0.6 is 23.5 Å². The second-order valence-corrected chi connectivity index (χ2v) is 7.29. The van der Waals surface area contributed by atoms with Crippen LogP contribution in [-0.2, 0) is 17.3 Å². The zero-order valence-corrected chi connectivity index (χ0v) is 12.2. The summed E-state index contributed by atoms with van der Waals surface area (Å²) >= 11 is 3.90. The molecule has 2 heterocycles. The number of nitrogens with zero attached hydrogens (tertiary/aromatic N) is 2. The van der Waals surface area contributed by atoms with E-state index in [-0.39, 0.29) is 0 Å². The van der Waals surface area contributed by atoms with Crippen LogP contribution in [0.5, 0.6) is 0 Å². The predicted octanol–water partition coefficient (Wildman–Crippen LogP) is 3.37. The number of aromatic nitrogens is 2. The van der Waals surface area contributed by atoms with Gasteiger partial charge in [0.2, 0.25) is 0 Å². The molecule has 18 heavy (non-hydrogen) atoms. The molecule has 0 spiro atoms. The molecule has 2 aliphatic rings. The molecule has 98 valence electrons. The number of anilines is 1. The lowest BCUT2D eigenvalue weighted by Crippen LogP contribution is -2.10. The van der Waals surface area contributed by atoms with Gasteiger partial charge in [-0.15, -0.1) is 0 Å². The zero-order chi connectivity index (χ0) is 12.4. The molecule has 1 aliphatic carbocycles. The molecule has 2 N–H and O–H groups in total. The van der Waals surface area contributed by atoms with Gasteiger partial charge >= 0.3 is 0 Å². The Kier molecular flexibility index (Phi) is 3.99. The molecule has 3 nitrogen and oxygen atoms in total. The first-order chi connectivity index (χ1) is 8.83. The first-order valence-corrected chi connectivity index (χ1v) is 8.87. The molecule has 1 aliphatic heterocycles. The topological polar surface area (TPSA) is 51.8 Å². The minimum absolute atomic E-state index is 0.712. The standard InChI is InChI=1S/C13H19N3S2/c14-13-10-6-17-7-11(10)15-12(16-13)8-18-9-4-2-1-3-5-9/h9H,1-8H2,(H2,14,15,16). The zero-order valence-electron chi connectivity index (χ0n) is 10.5. The molecule has 0 radical (unpaired) electrons. The molecule has 0 unspecified atom stereocenters. The van der Waals surface area contributed by atoms with Gasteiger partial charge in [-0.05, 0) is 12.8 Å². The number of hydrogen-bond acceptors (Lipinski definition) is 5. The molecule has 0 aromatic carbocycles. The van der Waals surface area contributed by atoms with E-state index < -0.39 is 0 Å². The van der Waals surface area contributed by atoms with E-state index in [1.54, 1.807) is 0 Å². The van der Waals surface area contributed by atoms with Crippen LogP contribution in [0.2, 0.25) is 0 Å². The highest BCUT2D eigenvalue weighted by atomic mass is 32.2. The quantitative estimate of drug-likeness (QED) is 0.920. The van der Waals surface area contributed by atoms with E-state index in [4.69, 9.17) is 5.73 Å². The normalized spacial score (nSPS) is 20.0. The largest absolute Gasteiger partial charge is 0.383 e. The van der Waals surface area contributed by atoms with Gasteiger partial charge in [0.1, 0.15) is 11.6 Å². The molecular formula is C13H19N3S2. The van der Waals surface area contributed by atoms with Crippen LogP contribution in [0.15, 0.2) is 0 Å². The van der Waals surface area contributed by atoms with Crippen molar-refractivity contribution in [3.63, 3.8) is 0 Å². The highest BCUT2D eigenvalue weighted by molar-refractivity contribution is 7.99. The van der Waals surface area contributed by atoms with Crippen LogP contribution in [0.25, 0.3) is 0 Å². The monoisotopic (exact) mass is 281 g/mol. The Balaban J connectivity index is 1.64. The number of rotatable bonds is 3. The third kappa shape index (κ3) is 2.77. The molecule has 0 atom stereocenters. The van der Waals surface area contributed by atoms with Crippen molar-refractivity contribution >= 4 is 29.3 Å². The maximum absolute atomic E-state index is 6.01. The first kappa shape index (κ1) is 12.6. The smallest absolute Gasteiger partial charge is 0.140 e. The molecule has 0 saturated heterocycles. The summed E-state index contributed by atoms with van der Waals surface area (Å²) in [6.07, 6.45) is 6.92. The molecule has 1 saturated carbocycles. The first-order valence-electron chi connectivity index (χ1n) is 6.66. The van der Waals surface area contributed by atoms with Crippen molar-refractivity contribution in [2.45, 2.75) is 54.6 Å². The minimum Gasteiger partial charge on any atom is -0.383 e. The van der Waals surface area contributed by atoms with Gasteiger partial charge in [-0.3, -0.25) is 0 Å². The lowest BCUT2D eigenvalue weighted by molar-refractivity contribution is 0.516. The number of nitrogens with two attached hydrogens (primary N) is 1. The Labute approximate surface area is 117 Å². The molecule has 1 aromatic heterocycles. The summed E-state index contributed by atoms with van der Waals surface area (Å²) in [5, 5.41) is 0.811. The summed E-state index contributed by atoms with van der Waals surface area (Å²) in [7, 11) is 0. The molecule has 3 rings (SSSR count). The molecule has 5 heteroatoms. The lowest BCUT2D eigenvalue weighted by atomic mass is 10.0. The molecule has 1 aromatic rings. The van der Waals surface area contributed by atoms with Gasteiger partial charge in [-0.25, -0.2) is 9.97 Å². The number of thioether (sulfide) groups is 2. The van der Waals surface area contributed by atoms with E-state index in [0.29, 0.717) is 5.82 Å². The van der Waals surface area contributed by atoms with Gasteiger partial charge in [-0.2, -0.15) is 23.5 Å². The van der Waals surface area contributed by atoms with Crippen molar-refractivity contribution < 1.29 is 0 Å². The summed E-state index contributed by atoms with van der Waals surface area (Å²) < 4.78 is 0. The Bertz CT molecular complexity index is 430. The highest BCUT2D eigenvalue weighted by Gasteiger charge is 2.19. The Morgan fingerprint density at radius 2 is 2.00 bits per heavy atom. The van der Waals surface area contributed by atoms with E-state index in [1.165, 1.54) is 43.4 Å². The van der Waals surface area contributed by atoms with Crippen LogP contribution in [0.1, 0.15) is 49.2 Å². The Morgan fingerprint density at radius 3 is 2.83 bits per heavy atom. The fourth-order valence-electron chi connectivity index (χ4n) is 2.62. The second kappa shape index (κ2) is 5.70. The number of nitrogen functional groups attached to an aromatic ring is 1. The average molecular weight is 281 g/mol. The fraction of sp³-hybridized carbons (Fsp3) is 0.692. The van der Waals surface area contributed by atoms with Gasteiger partial charge in [0, 0.05) is 22.3 Å². The van der Waals surface area contributed by atoms with E-state index in [9.17, 15) is 0 Å². The van der Waals surface area contributed by atoms with Crippen LogP contribution in [0.3, 0.4) is 0 Å². The van der Waals surface area contributed by atoms with Crippen molar-refractivity contribution in [3.05, 3.63) is 17.1 Å². The van der Waals surface area contributed by atoms with E-state index in [0.717, 1.165) is 28.3 Å². The van der Waals surface area contributed by atoms with Crippen LogP contribution in [-0.4, -0.2) is 15.2 Å². The van der Waals surface area contributed by atoms with Gasteiger partial charge in [-0.1, -0.05) is 19.3 Å². The molecule has 0 amide bonds. The van der Waals surface area contributed by atoms with Crippen molar-refractivity contribution in [2.75, 3.05) is 5.73 Å². The summed E-state index contributed by atoms with van der Waals surface area (Å²) in [4.78, 5) is 9.13. The van der Waals surface area contributed by atoms with E-state index in [2.05, 4.69) is 9.97 Å². The summed E-state index contributed by atoms with van der Waals surface area (Å²) in [5.74, 6) is 4.56. The van der Waals surface area contributed by atoms with Crippen molar-refractivity contribution in [3.8, 4) is 0 Å². The summed E-state index contributed by atoms with van der Waals surface area (Å²) in [6, 6.07) is 0. The third-order valence-corrected chi connectivity index (χ3v) is 5.99. The Hall–Kier alpha value is -0.420. The Morgan fingerprint density at radius 1 is 1.17 bits per heavy atom. The van der Waals surface area contributed by atoms with Crippen LogP contribution in [0.4, 0.5) is 5.82 Å². The van der Waals surface area contributed by atoms with Crippen molar-refractivity contribution in [1.29, 1.82) is 0 Å². The maximum atomic E-state index is 6.01. The molecule has 1 fully saturated rings. The maximum Gasteiger partial charge on any atom is 0.140 e. The lowest BCUT2D eigenvalue weighted by Gasteiger charge is -2.20. The third-order valence-electron chi connectivity index (χ3n) is 3.66. The highest BCUT2D eigenvalue weighted by Crippen LogP contribution is 2.33. The molecule has 0 bridgehead atoms. The number of fused-ring (bicyclic) bond motifs is 1. The molecular weight excluding hydrogens is 262 g/mol. The van der Waals surface area contributed by atoms with E-state index in [1.807, 2.05) is 23.5 Å². The fourth-order valence-corrected chi connectivity index (χ4v) is 4.85. The average Bonchev–Trinajstić information content (AvgIpc) is 2.86. The van der Waals surface area contributed by atoms with Crippen LogP contribution < -0.4 is 5.73 Å².